The van der Waals surface area contributed by atoms with E-state index in [1.54, 1.807) is 0 Å². The second-order valence-electron chi connectivity index (χ2n) is 7.49. The molecule has 0 radical (unpaired) electrons. The maximum absolute atomic E-state index is 5.73. The summed E-state index contributed by atoms with van der Waals surface area (Å²) in [7, 11) is 0. The molecule has 0 aromatic carbocycles. The van der Waals surface area contributed by atoms with Crippen LogP contribution in [0.15, 0.2) is 4.99 Å². The smallest absolute Gasteiger partial charge is 0.191 e. The van der Waals surface area contributed by atoms with Gasteiger partial charge in [-0.15, -0.1) is 0 Å². The quantitative estimate of drug-likeness (QED) is 0.340. The molecule has 2 rings (SSSR count). The Labute approximate surface area is 154 Å². The molecule has 0 bridgehead atoms. The molecule has 25 heavy (non-hydrogen) atoms. The van der Waals surface area contributed by atoms with Gasteiger partial charge in [0.1, 0.15) is 0 Å². The average molecular weight is 354 g/mol. The molecule has 1 saturated heterocycles. The Balaban J connectivity index is 1.49. The number of hydrogen-bond acceptors (Lipinski definition) is 3. The lowest BCUT2D eigenvalue weighted by Crippen LogP contribution is -2.38. The van der Waals surface area contributed by atoms with Crippen molar-refractivity contribution >= 4 is 5.96 Å². The van der Waals surface area contributed by atoms with Gasteiger partial charge in [-0.3, -0.25) is 4.99 Å². The largest absolute Gasteiger partial charge is 0.381 e. The van der Waals surface area contributed by atoms with Gasteiger partial charge in [0.05, 0.1) is 13.2 Å². The zero-order valence-electron chi connectivity index (χ0n) is 16.2. The van der Waals surface area contributed by atoms with Crippen molar-refractivity contribution < 1.29 is 9.47 Å². The summed E-state index contributed by atoms with van der Waals surface area (Å²) in [5.41, 5.74) is 0. The normalized spacial score (nSPS) is 22.3. The highest BCUT2D eigenvalue weighted by Crippen LogP contribution is 2.26. The van der Waals surface area contributed by atoms with Gasteiger partial charge in [0.2, 0.25) is 0 Å². The van der Waals surface area contributed by atoms with Crippen LogP contribution in [0.3, 0.4) is 0 Å². The van der Waals surface area contributed by atoms with Gasteiger partial charge in [-0.2, -0.15) is 0 Å². The van der Waals surface area contributed by atoms with Crippen LogP contribution in [-0.4, -0.2) is 52.0 Å². The molecule has 2 N–H and O–H groups in total. The van der Waals surface area contributed by atoms with Crippen LogP contribution in [0.1, 0.15) is 64.7 Å². The van der Waals surface area contributed by atoms with Gasteiger partial charge in [-0.1, -0.05) is 32.1 Å². The van der Waals surface area contributed by atoms with Crippen molar-refractivity contribution in [2.45, 2.75) is 64.7 Å². The topological polar surface area (TPSA) is 54.9 Å². The van der Waals surface area contributed by atoms with Crippen LogP contribution < -0.4 is 10.6 Å². The fraction of sp³-hybridized carbons (Fsp3) is 0.950. The van der Waals surface area contributed by atoms with Crippen LogP contribution >= 0.6 is 0 Å². The first-order chi connectivity index (χ1) is 12.4. The third-order valence-corrected chi connectivity index (χ3v) is 5.24. The summed E-state index contributed by atoms with van der Waals surface area (Å²) in [6.07, 6.45) is 12.0. The van der Waals surface area contributed by atoms with Crippen molar-refractivity contribution in [3.8, 4) is 0 Å². The monoisotopic (exact) mass is 353 g/mol. The Hall–Kier alpha value is -0.810. The zero-order chi connectivity index (χ0) is 17.6. The Morgan fingerprint density at radius 3 is 2.72 bits per heavy atom. The van der Waals surface area contributed by atoms with Gasteiger partial charge in [-0.05, 0) is 38.5 Å². The molecule has 1 heterocycles. The predicted octanol–water partition coefficient (Wildman–Crippen LogP) is 3.35. The molecule has 1 unspecified atom stereocenters. The summed E-state index contributed by atoms with van der Waals surface area (Å²) in [6, 6.07) is 0. The Morgan fingerprint density at radius 1 is 1.08 bits per heavy atom. The van der Waals surface area contributed by atoms with E-state index < -0.39 is 0 Å². The maximum Gasteiger partial charge on any atom is 0.191 e. The van der Waals surface area contributed by atoms with Gasteiger partial charge in [-0.25, -0.2) is 0 Å². The van der Waals surface area contributed by atoms with Crippen LogP contribution in [-0.2, 0) is 9.47 Å². The van der Waals surface area contributed by atoms with Crippen molar-refractivity contribution in [3.05, 3.63) is 0 Å². The first-order valence-corrected chi connectivity index (χ1v) is 10.6. The summed E-state index contributed by atoms with van der Waals surface area (Å²) < 4.78 is 11.1. The molecule has 1 aliphatic carbocycles. The van der Waals surface area contributed by atoms with Crippen LogP contribution in [0.25, 0.3) is 0 Å². The predicted molar refractivity (Wildman–Crippen MR) is 104 cm³/mol. The molecule has 0 amide bonds. The minimum atomic E-state index is 0.603. The molecule has 1 atom stereocenters. The third kappa shape index (κ3) is 9.45. The van der Waals surface area contributed by atoms with Crippen LogP contribution in [0.5, 0.6) is 0 Å². The summed E-state index contributed by atoms with van der Waals surface area (Å²) in [6.45, 7) is 8.27. The van der Waals surface area contributed by atoms with E-state index in [0.717, 1.165) is 70.8 Å². The molecular weight excluding hydrogens is 314 g/mol. The number of rotatable bonds is 11. The molecule has 5 heteroatoms. The molecule has 5 nitrogen and oxygen atoms in total. The van der Waals surface area contributed by atoms with Gasteiger partial charge in [0.15, 0.2) is 5.96 Å². The van der Waals surface area contributed by atoms with E-state index in [2.05, 4.69) is 22.5 Å². The maximum atomic E-state index is 5.73. The molecule has 146 valence electrons. The summed E-state index contributed by atoms with van der Waals surface area (Å²) in [5, 5.41) is 6.82. The lowest BCUT2D eigenvalue weighted by atomic mass is 9.86. The Kier molecular flexibility index (Phi) is 11.0. The van der Waals surface area contributed by atoms with Gasteiger partial charge in [0.25, 0.3) is 0 Å². The van der Waals surface area contributed by atoms with E-state index in [1.807, 2.05) is 0 Å². The summed E-state index contributed by atoms with van der Waals surface area (Å²) in [4.78, 5) is 4.66. The fourth-order valence-electron chi connectivity index (χ4n) is 3.74. The van der Waals surface area contributed by atoms with E-state index in [1.165, 1.54) is 44.9 Å². The highest BCUT2D eigenvalue weighted by atomic mass is 16.5. The van der Waals surface area contributed by atoms with Crippen LogP contribution in [0.4, 0.5) is 0 Å². The SMILES string of the molecule is CCNC(=NCCCOCC1CCOC1)NCCCC1CCCCC1. The van der Waals surface area contributed by atoms with Crippen molar-refractivity contribution in [3.63, 3.8) is 0 Å². The number of nitrogens with one attached hydrogen (secondary N) is 2. The van der Waals surface area contributed by atoms with E-state index in [4.69, 9.17) is 9.47 Å². The Morgan fingerprint density at radius 2 is 1.96 bits per heavy atom. The minimum Gasteiger partial charge on any atom is -0.381 e. The number of nitrogens with zero attached hydrogens (tertiary/aromatic N) is 1. The van der Waals surface area contributed by atoms with Crippen molar-refractivity contribution in [1.82, 2.24) is 10.6 Å². The standard InChI is InChI=1S/C20H39N3O2/c1-2-21-20(22-12-6-10-18-8-4-3-5-9-18)23-13-7-14-24-16-19-11-15-25-17-19/h18-19H,2-17H2,1H3,(H2,21,22,23). The van der Waals surface area contributed by atoms with E-state index in [9.17, 15) is 0 Å². The van der Waals surface area contributed by atoms with E-state index >= 15 is 0 Å². The number of ether oxygens (including phenoxy) is 2. The molecule has 0 spiro atoms. The molecule has 1 aliphatic heterocycles. The van der Waals surface area contributed by atoms with Gasteiger partial charge >= 0.3 is 0 Å². The van der Waals surface area contributed by atoms with Crippen molar-refractivity contribution in [2.24, 2.45) is 16.8 Å². The lowest BCUT2D eigenvalue weighted by molar-refractivity contribution is 0.0893. The first-order valence-electron chi connectivity index (χ1n) is 10.6. The third-order valence-electron chi connectivity index (χ3n) is 5.24. The zero-order valence-corrected chi connectivity index (χ0v) is 16.2. The van der Waals surface area contributed by atoms with E-state index in [-0.39, 0.29) is 0 Å². The van der Waals surface area contributed by atoms with E-state index in [0.29, 0.717) is 5.92 Å². The van der Waals surface area contributed by atoms with Crippen molar-refractivity contribution in [1.29, 1.82) is 0 Å². The first kappa shape index (κ1) is 20.5. The summed E-state index contributed by atoms with van der Waals surface area (Å²) in [5.74, 6) is 2.53. The molecular formula is C20H39N3O2. The minimum absolute atomic E-state index is 0.603. The number of guanidine groups is 1. The lowest BCUT2D eigenvalue weighted by Gasteiger charge is -2.21. The number of aliphatic imine (C=N–C) groups is 1. The highest BCUT2D eigenvalue weighted by molar-refractivity contribution is 5.79. The van der Waals surface area contributed by atoms with Crippen LogP contribution in [0, 0.1) is 11.8 Å². The second kappa shape index (κ2) is 13.4. The molecule has 2 fully saturated rings. The molecule has 0 aromatic heterocycles. The van der Waals surface area contributed by atoms with Crippen LogP contribution in [0.2, 0.25) is 0 Å². The molecule has 2 aliphatic rings. The fourth-order valence-corrected chi connectivity index (χ4v) is 3.74. The summed E-state index contributed by atoms with van der Waals surface area (Å²) >= 11 is 0. The van der Waals surface area contributed by atoms with Crippen molar-refractivity contribution in [2.75, 3.05) is 46.1 Å². The Bertz CT molecular complexity index is 351. The average Bonchev–Trinajstić information content (AvgIpc) is 3.16. The number of hydrogen-bond donors (Lipinski definition) is 2. The molecule has 1 saturated carbocycles. The second-order valence-corrected chi connectivity index (χ2v) is 7.49. The highest BCUT2D eigenvalue weighted by Gasteiger charge is 2.15. The van der Waals surface area contributed by atoms with Gasteiger partial charge < -0.3 is 20.1 Å². The van der Waals surface area contributed by atoms with Gasteiger partial charge in [0, 0.05) is 38.8 Å². The molecule has 0 aromatic rings.